The van der Waals surface area contributed by atoms with Gasteiger partial charge in [0.25, 0.3) is 5.56 Å². The van der Waals surface area contributed by atoms with E-state index in [0.717, 1.165) is 10.9 Å². The van der Waals surface area contributed by atoms with E-state index in [1.165, 1.54) is 18.9 Å². The van der Waals surface area contributed by atoms with Crippen LogP contribution in [-0.4, -0.2) is 42.2 Å². The summed E-state index contributed by atoms with van der Waals surface area (Å²) in [4.78, 5) is 29.5. The van der Waals surface area contributed by atoms with Gasteiger partial charge >= 0.3 is 5.97 Å². The minimum Gasteiger partial charge on any atom is -0.493 e. The van der Waals surface area contributed by atoms with Crippen LogP contribution in [0.1, 0.15) is 31.7 Å². The Labute approximate surface area is 207 Å². The van der Waals surface area contributed by atoms with Gasteiger partial charge in [0.2, 0.25) is 0 Å². The standard InChI is InChI=1S/C23H23Br2N3O5/c1-5-6-21-27-18-8-7-15(24)10-16(18)22(29)28(21)26-12-14-9-19(31-3)20(11-17(14)25)33-13(2)23(30)32-4/h7-13H,5-6H2,1-4H3/t13-/m1/s1. The zero-order valence-electron chi connectivity index (χ0n) is 18.6. The van der Waals surface area contributed by atoms with E-state index in [9.17, 15) is 9.59 Å². The zero-order valence-corrected chi connectivity index (χ0v) is 21.8. The first-order chi connectivity index (χ1) is 15.8. The van der Waals surface area contributed by atoms with Crippen molar-refractivity contribution in [2.24, 2.45) is 5.10 Å². The third kappa shape index (κ3) is 5.62. The van der Waals surface area contributed by atoms with Crippen LogP contribution in [0.15, 0.2) is 49.2 Å². The molecule has 0 radical (unpaired) electrons. The maximum Gasteiger partial charge on any atom is 0.346 e. The Hall–Kier alpha value is -2.72. The number of methoxy groups -OCH3 is 2. The van der Waals surface area contributed by atoms with Crippen molar-refractivity contribution < 1.29 is 19.0 Å². The topological polar surface area (TPSA) is 92.0 Å². The third-order valence-electron chi connectivity index (χ3n) is 4.78. The van der Waals surface area contributed by atoms with Crippen LogP contribution in [0.4, 0.5) is 0 Å². The number of aromatic nitrogens is 2. The van der Waals surface area contributed by atoms with Crippen molar-refractivity contribution in [3.8, 4) is 11.5 Å². The predicted molar refractivity (Wildman–Crippen MR) is 133 cm³/mol. The first-order valence-electron chi connectivity index (χ1n) is 10.2. The average molecular weight is 581 g/mol. The Balaban J connectivity index is 2.04. The second-order valence-corrected chi connectivity index (χ2v) is 8.88. The molecular weight excluding hydrogens is 558 g/mol. The molecule has 0 saturated carbocycles. The number of fused-ring (bicyclic) bond motifs is 1. The van der Waals surface area contributed by atoms with Crippen LogP contribution in [0.2, 0.25) is 0 Å². The van der Waals surface area contributed by atoms with Crippen molar-refractivity contribution in [2.75, 3.05) is 14.2 Å². The molecule has 0 saturated heterocycles. The summed E-state index contributed by atoms with van der Waals surface area (Å²) in [5.41, 5.74) is 1.02. The Morgan fingerprint density at radius 1 is 1.21 bits per heavy atom. The van der Waals surface area contributed by atoms with Crippen LogP contribution in [0.25, 0.3) is 10.9 Å². The Morgan fingerprint density at radius 3 is 2.64 bits per heavy atom. The van der Waals surface area contributed by atoms with E-state index in [0.29, 0.717) is 44.7 Å². The third-order valence-corrected chi connectivity index (χ3v) is 5.96. The molecule has 0 amide bonds. The van der Waals surface area contributed by atoms with Crippen LogP contribution in [0.3, 0.4) is 0 Å². The molecule has 0 spiro atoms. The van der Waals surface area contributed by atoms with E-state index in [1.54, 1.807) is 31.3 Å². The van der Waals surface area contributed by atoms with Crippen molar-refractivity contribution in [1.82, 2.24) is 9.66 Å². The largest absolute Gasteiger partial charge is 0.493 e. The molecule has 1 heterocycles. The Morgan fingerprint density at radius 2 is 1.97 bits per heavy atom. The number of aryl methyl sites for hydroxylation is 1. The van der Waals surface area contributed by atoms with Gasteiger partial charge in [-0.1, -0.05) is 22.9 Å². The van der Waals surface area contributed by atoms with Crippen LogP contribution in [0, 0.1) is 0 Å². The fraction of sp³-hybridized carbons (Fsp3) is 0.304. The predicted octanol–water partition coefficient (Wildman–Crippen LogP) is 4.71. The minimum atomic E-state index is -0.812. The number of halogens is 2. The van der Waals surface area contributed by atoms with E-state index in [1.807, 2.05) is 19.1 Å². The number of carbonyl (C=O) groups excluding carboxylic acids is 1. The first kappa shape index (κ1) is 24.9. The van der Waals surface area contributed by atoms with Gasteiger partial charge in [0.15, 0.2) is 17.6 Å². The van der Waals surface area contributed by atoms with Gasteiger partial charge in [-0.25, -0.2) is 9.78 Å². The molecular formula is C23H23Br2N3O5. The van der Waals surface area contributed by atoms with Gasteiger partial charge in [-0.05, 0) is 59.6 Å². The van der Waals surface area contributed by atoms with Gasteiger partial charge in [-0.15, -0.1) is 0 Å². The van der Waals surface area contributed by atoms with Crippen LogP contribution >= 0.6 is 31.9 Å². The lowest BCUT2D eigenvalue weighted by Crippen LogP contribution is -2.25. The summed E-state index contributed by atoms with van der Waals surface area (Å²) >= 11 is 6.90. The molecule has 174 valence electrons. The van der Waals surface area contributed by atoms with Crippen LogP contribution in [-0.2, 0) is 16.0 Å². The molecule has 1 atom stereocenters. The number of benzene rings is 2. The summed E-state index contributed by atoms with van der Waals surface area (Å²) in [6, 6.07) is 8.77. The van der Waals surface area contributed by atoms with E-state index in [2.05, 4.69) is 41.9 Å². The van der Waals surface area contributed by atoms with Gasteiger partial charge < -0.3 is 14.2 Å². The summed E-state index contributed by atoms with van der Waals surface area (Å²) in [6.45, 7) is 3.60. The number of hydrogen-bond donors (Lipinski definition) is 0. The highest BCUT2D eigenvalue weighted by molar-refractivity contribution is 9.10. The number of ether oxygens (including phenoxy) is 3. The maximum atomic E-state index is 13.2. The van der Waals surface area contributed by atoms with Gasteiger partial charge in [-0.3, -0.25) is 4.79 Å². The quantitative estimate of drug-likeness (QED) is 0.283. The summed E-state index contributed by atoms with van der Waals surface area (Å²) < 4.78 is 18.5. The lowest BCUT2D eigenvalue weighted by atomic mass is 10.2. The molecule has 2 aromatic carbocycles. The van der Waals surface area contributed by atoms with Gasteiger partial charge in [-0.2, -0.15) is 9.78 Å². The number of rotatable bonds is 8. The molecule has 0 bridgehead atoms. The summed E-state index contributed by atoms with van der Waals surface area (Å²) in [5.74, 6) is 0.832. The molecule has 0 aliphatic carbocycles. The van der Waals surface area contributed by atoms with Crippen molar-refractivity contribution in [3.63, 3.8) is 0 Å². The zero-order chi connectivity index (χ0) is 24.1. The van der Waals surface area contributed by atoms with Crippen molar-refractivity contribution in [2.45, 2.75) is 32.8 Å². The molecule has 33 heavy (non-hydrogen) atoms. The van der Waals surface area contributed by atoms with Crippen molar-refractivity contribution in [3.05, 3.63) is 61.0 Å². The van der Waals surface area contributed by atoms with Gasteiger partial charge in [0, 0.05) is 20.9 Å². The highest BCUT2D eigenvalue weighted by Crippen LogP contribution is 2.33. The van der Waals surface area contributed by atoms with E-state index >= 15 is 0 Å². The van der Waals surface area contributed by atoms with E-state index < -0.39 is 12.1 Å². The summed E-state index contributed by atoms with van der Waals surface area (Å²) in [6.07, 6.45) is 2.15. The lowest BCUT2D eigenvalue weighted by Gasteiger charge is -2.16. The lowest BCUT2D eigenvalue weighted by molar-refractivity contribution is -0.147. The number of esters is 1. The molecule has 0 aliphatic heterocycles. The fourth-order valence-electron chi connectivity index (χ4n) is 3.13. The number of nitrogens with zero attached hydrogens (tertiary/aromatic N) is 3. The normalized spacial score (nSPS) is 12.2. The van der Waals surface area contributed by atoms with Gasteiger partial charge in [0.05, 0.1) is 31.3 Å². The highest BCUT2D eigenvalue weighted by Gasteiger charge is 2.19. The molecule has 10 heteroatoms. The Kier molecular flexibility index (Phi) is 8.25. The van der Waals surface area contributed by atoms with Gasteiger partial charge in [0.1, 0.15) is 5.82 Å². The van der Waals surface area contributed by atoms with Crippen LogP contribution in [0.5, 0.6) is 11.5 Å². The SMILES string of the molecule is CCCc1nc2ccc(Br)cc2c(=O)n1N=Cc1cc(OC)c(O[C@H](C)C(=O)OC)cc1Br. The number of carbonyl (C=O) groups is 1. The van der Waals surface area contributed by atoms with Crippen LogP contribution < -0.4 is 15.0 Å². The molecule has 0 unspecified atom stereocenters. The highest BCUT2D eigenvalue weighted by atomic mass is 79.9. The maximum absolute atomic E-state index is 13.2. The fourth-order valence-corrected chi connectivity index (χ4v) is 3.91. The van der Waals surface area contributed by atoms with E-state index in [4.69, 9.17) is 14.2 Å². The molecule has 0 fully saturated rings. The summed E-state index contributed by atoms with van der Waals surface area (Å²) in [5, 5.41) is 4.91. The van der Waals surface area contributed by atoms with Crippen molar-refractivity contribution in [1.29, 1.82) is 0 Å². The molecule has 0 aliphatic rings. The second kappa shape index (κ2) is 10.9. The smallest absolute Gasteiger partial charge is 0.346 e. The molecule has 3 aromatic rings. The molecule has 0 N–H and O–H groups in total. The van der Waals surface area contributed by atoms with E-state index in [-0.39, 0.29) is 5.56 Å². The monoisotopic (exact) mass is 579 g/mol. The number of hydrogen-bond acceptors (Lipinski definition) is 7. The average Bonchev–Trinajstić information content (AvgIpc) is 2.80. The molecule has 8 nitrogen and oxygen atoms in total. The molecule has 3 rings (SSSR count). The molecule has 1 aromatic heterocycles. The summed E-state index contributed by atoms with van der Waals surface area (Å²) in [7, 11) is 2.79. The minimum absolute atomic E-state index is 0.254. The van der Waals surface area contributed by atoms with Crippen molar-refractivity contribution >= 4 is 54.9 Å². The Bertz CT molecular complexity index is 1270. The second-order valence-electron chi connectivity index (χ2n) is 7.11. The first-order valence-corrected chi connectivity index (χ1v) is 11.7.